The summed E-state index contributed by atoms with van der Waals surface area (Å²) in [5.41, 5.74) is 3.01. The van der Waals surface area contributed by atoms with Gasteiger partial charge >= 0.3 is 12.4 Å². The number of halogens is 6. The van der Waals surface area contributed by atoms with Gasteiger partial charge in [0.15, 0.2) is 5.84 Å². The topological polar surface area (TPSA) is 88.2 Å². The lowest BCUT2D eigenvalue weighted by molar-refractivity contribution is -0.141. The fourth-order valence-electron chi connectivity index (χ4n) is 3.30. The molecule has 0 bridgehead atoms. The first kappa shape index (κ1) is 22.1. The van der Waals surface area contributed by atoms with Crippen LogP contribution in [0.4, 0.5) is 32.2 Å². The van der Waals surface area contributed by atoms with Crippen molar-refractivity contribution in [1.29, 1.82) is 0 Å². The van der Waals surface area contributed by atoms with Gasteiger partial charge < -0.3 is 16.4 Å². The average Bonchev–Trinajstić information content (AvgIpc) is 3.50. The summed E-state index contributed by atoms with van der Waals surface area (Å²) >= 11 is 0. The Kier molecular flexibility index (Phi) is 5.35. The highest BCUT2D eigenvalue weighted by molar-refractivity contribution is 5.99. The van der Waals surface area contributed by atoms with E-state index in [1.807, 2.05) is 0 Å². The van der Waals surface area contributed by atoms with Gasteiger partial charge in [-0.2, -0.15) is 26.3 Å². The molecule has 12 heteroatoms. The summed E-state index contributed by atoms with van der Waals surface area (Å²) < 4.78 is 78.3. The molecule has 1 unspecified atom stereocenters. The zero-order chi connectivity index (χ0) is 23.1. The van der Waals surface area contributed by atoms with Crippen molar-refractivity contribution in [3.8, 4) is 0 Å². The largest absolute Gasteiger partial charge is 0.433 e. The normalized spacial score (nSPS) is 21.5. The van der Waals surface area contributed by atoms with Crippen molar-refractivity contribution >= 4 is 11.7 Å². The van der Waals surface area contributed by atoms with Crippen LogP contribution >= 0.6 is 0 Å². The quantitative estimate of drug-likeness (QED) is 0.585. The van der Waals surface area contributed by atoms with Gasteiger partial charge in [0.25, 0.3) is 0 Å². The van der Waals surface area contributed by atoms with Gasteiger partial charge in [0.05, 0.1) is 5.56 Å². The standard InChI is InChI=1S/C20H18F6N6/c21-19(22,23)12-6-7-28-15(8-12)30-16-10-18(27,9-11-4-5-11)32-17(31-16)13-2-1-3-14(29-13)20(24,25)26/h1-3,6-8,10-11H,4-5,9,27H2,(H,28,30)(H,31,32). The molecule has 0 amide bonds. The molecule has 1 saturated carbocycles. The van der Waals surface area contributed by atoms with Gasteiger partial charge in [-0.15, -0.1) is 0 Å². The van der Waals surface area contributed by atoms with Crippen LogP contribution in [-0.4, -0.2) is 21.5 Å². The Morgan fingerprint density at radius 2 is 1.84 bits per heavy atom. The van der Waals surface area contributed by atoms with Crippen molar-refractivity contribution in [2.45, 2.75) is 37.3 Å². The summed E-state index contributed by atoms with van der Waals surface area (Å²) in [5, 5.41) is 5.49. The third kappa shape index (κ3) is 5.18. The van der Waals surface area contributed by atoms with Crippen LogP contribution in [0.1, 0.15) is 36.2 Å². The van der Waals surface area contributed by atoms with Crippen LogP contribution in [0, 0.1) is 5.92 Å². The summed E-state index contributed by atoms with van der Waals surface area (Å²) in [6.07, 6.45) is -4.40. The maximum absolute atomic E-state index is 13.1. The van der Waals surface area contributed by atoms with Crippen molar-refractivity contribution in [2.24, 2.45) is 16.6 Å². The molecule has 0 radical (unpaired) electrons. The molecule has 170 valence electrons. The number of nitrogens with two attached hydrogens (primary N) is 1. The molecular weight excluding hydrogens is 438 g/mol. The Hall–Kier alpha value is -3.15. The van der Waals surface area contributed by atoms with Gasteiger partial charge in [-0.1, -0.05) is 18.9 Å². The van der Waals surface area contributed by atoms with Gasteiger partial charge in [0, 0.05) is 6.20 Å². The van der Waals surface area contributed by atoms with Crippen LogP contribution < -0.4 is 16.4 Å². The van der Waals surface area contributed by atoms with E-state index < -0.39 is 29.3 Å². The van der Waals surface area contributed by atoms with E-state index in [9.17, 15) is 26.3 Å². The molecule has 2 aromatic heterocycles. The van der Waals surface area contributed by atoms with Crippen molar-refractivity contribution in [2.75, 3.05) is 5.32 Å². The second-order valence-electron chi connectivity index (χ2n) is 7.74. The molecule has 32 heavy (non-hydrogen) atoms. The average molecular weight is 456 g/mol. The van der Waals surface area contributed by atoms with Gasteiger partial charge in [-0.25, -0.2) is 15.0 Å². The van der Waals surface area contributed by atoms with E-state index >= 15 is 0 Å². The fraction of sp³-hybridized carbons (Fsp3) is 0.350. The molecule has 1 aliphatic carbocycles. The molecule has 2 aromatic rings. The second-order valence-corrected chi connectivity index (χ2v) is 7.74. The lowest BCUT2D eigenvalue weighted by atomic mass is 10.0. The SMILES string of the molecule is NC1(CC2CC2)C=C(Nc2cc(C(F)(F)F)ccn2)NC(c2cccc(C(F)(F)F)n2)=N1. The first-order valence-corrected chi connectivity index (χ1v) is 9.65. The highest BCUT2D eigenvalue weighted by Crippen LogP contribution is 2.38. The minimum atomic E-state index is -4.65. The molecule has 1 atom stereocenters. The Morgan fingerprint density at radius 3 is 2.50 bits per heavy atom. The van der Waals surface area contributed by atoms with Crippen LogP contribution in [0.5, 0.6) is 0 Å². The van der Waals surface area contributed by atoms with Crippen molar-refractivity contribution in [3.63, 3.8) is 0 Å². The fourth-order valence-corrected chi connectivity index (χ4v) is 3.30. The van der Waals surface area contributed by atoms with Crippen LogP contribution in [0.15, 0.2) is 53.4 Å². The van der Waals surface area contributed by atoms with Crippen molar-refractivity contribution in [3.05, 3.63) is 65.4 Å². The predicted molar refractivity (Wildman–Crippen MR) is 104 cm³/mol. The first-order valence-electron chi connectivity index (χ1n) is 9.65. The third-order valence-electron chi connectivity index (χ3n) is 4.91. The molecule has 1 fully saturated rings. The van der Waals surface area contributed by atoms with Gasteiger partial charge in [0.1, 0.15) is 28.7 Å². The van der Waals surface area contributed by atoms with E-state index in [2.05, 4.69) is 25.6 Å². The number of amidine groups is 1. The monoisotopic (exact) mass is 456 g/mol. The van der Waals surface area contributed by atoms with Crippen LogP contribution in [0.25, 0.3) is 0 Å². The molecular formula is C20H18F6N6. The summed E-state index contributed by atoms with van der Waals surface area (Å²) in [4.78, 5) is 11.9. The number of hydrogen-bond acceptors (Lipinski definition) is 6. The minimum Gasteiger partial charge on any atom is -0.327 e. The van der Waals surface area contributed by atoms with Crippen LogP contribution in [0.2, 0.25) is 0 Å². The summed E-state index contributed by atoms with van der Waals surface area (Å²) in [7, 11) is 0. The highest BCUT2D eigenvalue weighted by atomic mass is 19.4. The molecule has 0 aromatic carbocycles. The molecule has 6 nitrogen and oxygen atoms in total. The van der Waals surface area contributed by atoms with Crippen LogP contribution in [0.3, 0.4) is 0 Å². The number of aromatic nitrogens is 2. The Bertz CT molecular complexity index is 1070. The molecule has 3 heterocycles. The van der Waals surface area contributed by atoms with Gasteiger partial charge in [-0.3, -0.25) is 0 Å². The number of alkyl halides is 6. The maximum atomic E-state index is 13.1. The Balaban J connectivity index is 1.66. The van der Waals surface area contributed by atoms with Gasteiger partial charge in [0.2, 0.25) is 0 Å². The van der Waals surface area contributed by atoms with Gasteiger partial charge in [-0.05, 0) is 42.7 Å². The van der Waals surface area contributed by atoms with Crippen molar-refractivity contribution < 1.29 is 26.3 Å². The summed E-state index contributed by atoms with van der Waals surface area (Å²) in [6, 6.07) is 5.00. The number of nitrogens with zero attached hydrogens (tertiary/aromatic N) is 3. The maximum Gasteiger partial charge on any atom is 0.433 e. The van der Waals surface area contributed by atoms with E-state index in [0.717, 1.165) is 37.2 Å². The minimum absolute atomic E-state index is 0.0313. The smallest absolute Gasteiger partial charge is 0.327 e. The molecule has 0 saturated heterocycles. The number of pyridine rings is 2. The zero-order valence-electron chi connectivity index (χ0n) is 16.4. The zero-order valence-corrected chi connectivity index (χ0v) is 16.4. The lowest BCUT2D eigenvalue weighted by Crippen LogP contribution is -2.46. The number of aliphatic imine (C=N–C) groups is 1. The lowest BCUT2D eigenvalue weighted by Gasteiger charge is -2.30. The molecule has 1 aliphatic heterocycles. The molecule has 4 N–H and O–H groups in total. The predicted octanol–water partition coefficient (Wildman–Crippen LogP) is 4.27. The highest BCUT2D eigenvalue weighted by Gasteiger charge is 2.37. The number of anilines is 1. The first-order chi connectivity index (χ1) is 14.9. The third-order valence-corrected chi connectivity index (χ3v) is 4.91. The van der Waals surface area contributed by atoms with E-state index in [4.69, 9.17) is 5.73 Å². The van der Waals surface area contributed by atoms with E-state index in [-0.39, 0.29) is 23.2 Å². The molecule has 2 aliphatic rings. The number of nitrogens with one attached hydrogen (secondary N) is 2. The number of hydrogen-bond donors (Lipinski definition) is 3. The van der Waals surface area contributed by atoms with Crippen molar-refractivity contribution in [1.82, 2.24) is 15.3 Å². The number of rotatable bonds is 5. The van der Waals surface area contributed by atoms with E-state index in [1.165, 1.54) is 18.2 Å². The summed E-state index contributed by atoms with van der Waals surface area (Å²) in [5.74, 6) is 0.299. The van der Waals surface area contributed by atoms with Crippen LogP contribution in [-0.2, 0) is 12.4 Å². The molecule has 0 spiro atoms. The summed E-state index contributed by atoms with van der Waals surface area (Å²) in [6.45, 7) is 0. The molecule has 4 rings (SSSR count). The Morgan fingerprint density at radius 1 is 1.09 bits per heavy atom. The Labute approximate surface area is 178 Å². The van der Waals surface area contributed by atoms with E-state index in [1.54, 1.807) is 0 Å². The van der Waals surface area contributed by atoms with E-state index in [0.29, 0.717) is 12.3 Å². The second kappa shape index (κ2) is 7.76.